The third kappa shape index (κ3) is 4.59. The molecule has 2 heterocycles. The SMILES string of the molecule is C=CC(=O)N1CCCC1CCC(=O)N1CC=C(c2ccc(OC)cc2)CC1. The Labute approximate surface area is 161 Å². The Balaban J connectivity index is 1.51. The van der Waals surface area contributed by atoms with Gasteiger partial charge in [0.05, 0.1) is 7.11 Å². The van der Waals surface area contributed by atoms with Crippen molar-refractivity contribution in [1.82, 2.24) is 9.80 Å². The van der Waals surface area contributed by atoms with Gasteiger partial charge in [0.15, 0.2) is 0 Å². The number of methoxy groups -OCH3 is 1. The van der Waals surface area contributed by atoms with Crippen molar-refractivity contribution in [3.63, 3.8) is 0 Å². The Morgan fingerprint density at radius 1 is 1.26 bits per heavy atom. The van der Waals surface area contributed by atoms with E-state index in [1.165, 1.54) is 17.2 Å². The van der Waals surface area contributed by atoms with E-state index >= 15 is 0 Å². The molecule has 2 aliphatic heterocycles. The number of likely N-dealkylation sites (tertiary alicyclic amines) is 1. The lowest BCUT2D eigenvalue weighted by Crippen LogP contribution is -2.37. The van der Waals surface area contributed by atoms with Crippen molar-refractivity contribution in [2.75, 3.05) is 26.7 Å². The summed E-state index contributed by atoms with van der Waals surface area (Å²) in [6.07, 6.45) is 7.61. The first kappa shape index (κ1) is 19.2. The monoisotopic (exact) mass is 368 g/mol. The Morgan fingerprint density at radius 3 is 2.67 bits per heavy atom. The molecular formula is C22H28N2O3. The summed E-state index contributed by atoms with van der Waals surface area (Å²) in [4.78, 5) is 28.2. The van der Waals surface area contributed by atoms with Crippen LogP contribution >= 0.6 is 0 Å². The number of nitrogens with zero attached hydrogens (tertiary/aromatic N) is 2. The largest absolute Gasteiger partial charge is 0.497 e. The quantitative estimate of drug-likeness (QED) is 0.724. The maximum atomic E-state index is 12.6. The molecule has 27 heavy (non-hydrogen) atoms. The highest BCUT2D eigenvalue weighted by atomic mass is 16.5. The second-order valence-corrected chi connectivity index (χ2v) is 7.12. The lowest BCUT2D eigenvalue weighted by molar-refractivity contribution is -0.132. The minimum absolute atomic E-state index is 0.0185. The summed E-state index contributed by atoms with van der Waals surface area (Å²) in [7, 11) is 1.66. The van der Waals surface area contributed by atoms with Crippen LogP contribution in [0.3, 0.4) is 0 Å². The van der Waals surface area contributed by atoms with Gasteiger partial charge in [0.2, 0.25) is 11.8 Å². The maximum absolute atomic E-state index is 12.6. The van der Waals surface area contributed by atoms with Gasteiger partial charge in [-0.25, -0.2) is 0 Å². The van der Waals surface area contributed by atoms with Crippen molar-refractivity contribution in [3.8, 4) is 5.75 Å². The molecule has 5 nitrogen and oxygen atoms in total. The van der Waals surface area contributed by atoms with Crippen LogP contribution in [0.4, 0.5) is 0 Å². The highest BCUT2D eigenvalue weighted by Gasteiger charge is 2.28. The molecule has 0 radical (unpaired) electrons. The average Bonchev–Trinajstić information content (AvgIpc) is 3.20. The number of amides is 2. The Bertz CT molecular complexity index is 724. The van der Waals surface area contributed by atoms with E-state index in [1.54, 1.807) is 7.11 Å². The third-order valence-electron chi connectivity index (χ3n) is 5.55. The van der Waals surface area contributed by atoms with Gasteiger partial charge in [0.1, 0.15) is 5.75 Å². The summed E-state index contributed by atoms with van der Waals surface area (Å²) in [5, 5.41) is 0. The highest BCUT2D eigenvalue weighted by molar-refractivity contribution is 5.87. The minimum atomic E-state index is -0.0185. The van der Waals surface area contributed by atoms with Gasteiger partial charge in [-0.3, -0.25) is 9.59 Å². The van der Waals surface area contributed by atoms with Crippen LogP contribution in [0.15, 0.2) is 43.0 Å². The van der Waals surface area contributed by atoms with Gasteiger partial charge in [-0.1, -0.05) is 24.8 Å². The van der Waals surface area contributed by atoms with E-state index < -0.39 is 0 Å². The molecular weight excluding hydrogens is 340 g/mol. The van der Waals surface area contributed by atoms with Crippen LogP contribution in [-0.4, -0.2) is 54.4 Å². The lowest BCUT2D eigenvalue weighted by atomic mass is 9.99. The molecule has 2 aliphatic rings. The molecule has 0 saturated carbocycles. The number of hydrogen-bond acceptors (Lipinski definition) is 3. The van der Waals surface area contributed by atoms with Gasteiger partial charge in [-0.2, -0.15) is 0 Å². The molecule has 0 bridgehead atoms. The topological polar surface area (TPSA) is 49.9 Å². The zero-order valence-electron chi connectivity index (χ0n) is 16.0. The van der Waals surface area contributed by atoms with Gasteiger partial charge >= 0.3 is 0 Å². The van der Waals surface area contributed by atoms with Crippen molar-refractivity contribution in [3.05, 3.63) is 48.6 Å². The number of carbonyl (C=O) groups is 2. The Morgan fingerprint density at radius 2 is 2.04 bits per heavy atom. The number of benzene rings is 1. The fourth-order valence-electron chi connectivity index (χ4n) is 3.95. The maximum Gasteiger partial charge on any atom is 0.246 e. The molecule has 5 heteroatoms. The minimum Gasteiger partial charge on any atom is -0.497 e. The molecule has 1 saturated heterocycles. The molecule has 144 valence electrons. The van der Waals surface area contributed by atoms with Gasteiger partial charge in [0.25, 0.3) is 0 Å². The zero-order valence-corrected chi connectivity index (χ0v) is 16.0. The van der Waals surface area contributed by atoms with E-state index in [0.717, 1.165) is 44.5 Å². The van der Waals surface area contributed by atoms with Gasteiger partial charge in [0, 0.05) is 32.1 Å². The molecule has 1 fully saturated rings. The summed E-state index contributed by atoms with van der Waals surface area (Å²) in [6.45, 7) is 5.75. The first-order valence-corrected chi connectivity index (χ1v) is 9.66. The van der Waals surface area contributed by atoms with Crippen LogP contribution in [0, 0.1) is 0 Å². The van der Waals surface area contributed by atoms with Crippen LogP contribution in [0.5, 0.6) is 5.75 Å². The van der Waals surface area contributed by atoms with Crippen LogP contribution in [0.1, 0.15) is 37.7 Å². The molecule has 3 rings (SSSR count). The molecule has 1 unspecified atom stereocenters. The van der Waals surface area contributed by atoms with Gasteiger partial charge in [-0.15, -0.1) is 0 Å². The summed E-state index contributed by atoms with van der Waals surface area (Å²) in [5.41, 5.74) is 2.47. The smallest absolute Gasteiger partial charge is 0.246 e. The zero-order chi connectivity index (χ0) is 19.2. The Kier molecular flexibility index (Phi) is 6.32. The third-order valence-corrected chi connectivity index (χ3v) is 5.55. The fraction of sp³-hybridized carbons (Fsp3) is 0.455. The predicted molar refractivity (Wildman–Crippen MR) is 106 cm³/mol. The van der Waals surface area contributed by atoms with Gasteiger partial charge in [-0.05, 0) is 55.0 Å². The molecule has 0 spiro atoms. The van der Waals surface area contributed by atoms with Crippen molar-refractivity contribution in [2.24, 2.45) is 0 Å². The highest BCUT2D eigenvalue weighted by Crippen LogP contribution is 2.26. The fourth-order valence-corrected chi connectivity index (χ4v) is 3.95. The van der Waals surface area contributed by atoms with E-state index in [2.05, 4.69) is 24.8 Å². The standard InChI is InChI=1S/C22H28N2O3/c1-3-21(25)24-14-4-5-19(24)8-11-22(26)23-15-12-18(13-16-23)17-6-9-20(27-2)10-7-17/h3,6-7,9-10,12,19H,1,4-5,8,11,13-16H2,2H3. The summed E-state index contributed by atoms with van der Waals surface area (Å²) in [5.74, 6) is 1.01. The lowest BCUT2D eigenvalue weighted by Gasteiger charge is -2.28. The molecule has 1 aromatic carbocycles. The molecule has 0 aromatic heterocycles. The molecule has 1 aromatic rings. The summed E-state index contributed by atoms with van der Waals surface area (Å²) < 4.78 is 5.20. The molecule has 2 amide bonds. The number of rotatable bonds is 6. The normalized spacial score (nSPS) is 19.6. The van der Waals surface area contributed by atoms with Crippen molar-refractivity contribution in [1.29, 1.82) is 0 Å². The van der Waals surface area contributed by atoms with Crippen LogP contribution in [0.2, 0.25) is 0 Å². The first-order chi connectivity index (χ1) is 13.1. The summed E-state index contributed by atoms with van der Waals surface area (Å²) in [6, 6.07) is 8.23. The van der Waals surface area contributed by atoms with E-state index in [-0.39, 0.29) is 17.9 Å². The Hall–Kier alpha value is -2.56. The first-order valence-electron chi connectivity index (χ1n) is 9.66. The van der Waals surface area contributed by atoms with Gasteiger partial charge < -0.3 is 14.5 Å². The van der Waals surface area contributed by atoms with Crippen molar-refractivity contribution >= 4 is 17.4 Å². The number of carbonyl (C=O) groups excluding carboxylic acids is 2. The second kappa shape index (κ2) is 8.89. The van der Waals surface area contributed by atoms with Crippen LogP contribution in [0.25, 0.3) is 5.57 Å². The van der Waals surface area contributed by atoms with E-state index in [9.17, 15) is 9.59 Å². The number of hydrogen-bond donors (Lipinski definition) is 0. The van der Waals surface area contributed by atoms with Crippen LogP contribution < -0.4 is 4.74 Å². The van der Waals surface area contributed by atoms with E-state index in [4.69, 9.17) is 4.74 Å². The number of ether oxygens (including phenoxy) is 1. The molecule has 0 N–H and O–H groups in total. The van der Waals surface area contributed by atoms with Crippen LogP contribution in [-0.2, 0) is 9.59 Å². The van der Waals surface area contributed by atoms with E-state index in [0.29, 0.717) is 13.0 Å². The molecule has 0 aliphatic carbocycles. The molecule has 1 atom stereocenters. The predicted octanol–water partition coefficient (Wildman–Crippen LogP) is 3.27. The van der Waals surface area contributed by atoms with Crippen molar-refractivity contribution in [2.45, 2.75) is 38.1 Å². The van der Waals surface area contributed by atoms with Crippen molar-refractivity contribution < 1.29 is 14.3 Å². The van der Waals surface area contributed by atoms with E-state index in [1.807, 2.05) is 21.9 Å². The second-order valence-electron chi connectivity index (χ2n) is 7.12. The summed E-state index contributed by atoms with van der Waals surface area (Å²) >= 11 is 0. The average molecular weight is 368 g/mol.